The zero-order valence-corrected chi connectivity index (χ0v) is 14.5. The summed E-state index contributed by atoms with van der Waals surface area (Å²) in [6.45, 7) is 3.95. The summed E-state index contributed by atoms with van der Waals surface area (Å²) in [5, 5.41) is 6.87. The highest BCUT2D eigenvalue weighted by Gasteiger charge is 2.21. The highest BCUT2D eigenvalue weighted by molar-refractivity contribution is 9.10. The van der Waals surface area contributed by atoms with E-state index in [0.717, 1.165) is 47.5 Å². The van der Waals surface area contributed by atoms with Gasteiger partial charge in [-0.25, -0.2) is 0 Å². The molecule has 0 saturated carbocycles. The largest absolute Gasteiger partial charge is 0.492 e. The Morgan fingerprint density at radius 2 is 2.17 bits per heavy atom. The number of hydrogen-bond donors (Lipinski definition) is 1. The summed E-state index contributed by atoms with van der Waals surface area (Å²) in [7, 11) is 0. The Bertz CT molecular complexity index is 663. The Hall–Kier alpha value is -1.89. The van der Waals surface area contributed by atoms with Crippen LogP contribution >= 0.6 is 15.9 Å². The van der Waals surface area contributed by atoms with Crippen LogP contribution in [0.15, 0.2) is 29.0 Å². The summed E-state index contributed by atoms with van der Waals surface area (Å²) in [6, 6.07) is 3.83. The average Bonchev–Trinajstić information content (AvgIpc) is 3.00. The molecule has 0 aliphatic carbocycles. The van der Waals surface area contributed by atoms with Crippen molar-refractivity contribution in [1.29, 1.82) is 0 Å². The van der Waals surface area contributed by atoms with Gasteiger partial charge < -0.3 is 9.64 Å². The maximum absolute atomic E-state index is 11.3. The molecular formula is C16H19BrN4O2. The normalized spacial score (nSPS) is 15.7. The summed E-state index contributed by atoms with van der Waals surface area (Å²) in [5.74, 6) is 1.42. The third-order valence-electron chi connectivity index (χ3n) is 4.13. The minimum atomic E-state index is 0.161. The van der Waals surface area contributed by atoms with Gasteiger partial charge in [-0.2, -0.15) is 5.10 Å². The van der Waals surface area contributed by atoms with Gasteiger partial charge in [-0.3, -0.25) is 14.9 Å². The minimum absolute atomic E-state index is 0.161. The standard InChI is InChI=1S/C16H19BrN4O2/c1-11(22)21-6-4-12(5-7-21)10-23-13-2-3-15(18-8-13)16-14(17)9-19-20-16/h2-3,8-9,12H,4-7,10H2,1H3,(H,19,20). The van der Waals surface area contributed by atoms with Gasteiger partial charge in [0.15, 0.2) is 0 Å². The molecule has 2 aromatic rings. The molecule has 0 bridgehead atoms. The second-order valence-electron chi connectivity index (χ2n) is 5.73. The van der Waals surface area contributed by atoms with Crippen molar-refractivity contribution in [3.63, 3.8) is 0 Å². The maximum atomic E-state index is 11.3. The first-order valence-electron chi connectivity index (χ1n) is 7.67. The number of nitrogens with one attached hydrogen (secondary N) is 1. The summed E-state index contributed by atoms with van der Waals surface area (Å²) in [6.07, 6.45) is 5.42. The lowest BCUT2D eigenvalue weighted by Crippen LogP contribution is -2.38. The highest BCUT2D eigenvalue weighted by atomic mass is 79.9. The summed E-state index contributed by atoms with van der Waals surface area (Å²) >= 11 is 3.43. The number of H-pyrrole nitrogens is 1. The number of halogens is 1. The van der Waals surface area contributed by atoms with Crippen LogP contribution in [0.25, 0.3) is 11.4 Å². The van der Waals surface area contributed by atoms with Crippen LogP contribution in [0.3, 0.4) is 0 Å². The topological polar surface area (TPSA) is 71.1 Å². The Morgan fingerprint density at radius 3 is 2.74 bits per heavy atom. The number of amides is 1. The number of pyridine rings is 1. The number of rotatable bonds is 4. The quantitative estimate of drug-likeness (QED) is 0.887. The Balaban J connectivity index is 1.52. The molecule has 3 rings (SSSR count). The number of aromatic amines is 1. The lowest BCUT2D eigenvalue weighted by atomic mass is 9.98. The molecule has 122 valence electrons. The smallest absolute Gasteiger partial charge is 0.219 e. The fourth-order valence-electron chi connectivity index (χ4n) is 2.69. The van der Waals surface area contributed by atoms with Gasteiger partial charge in [0.1, 0.15) is 5.75 Å². The molecule has 1 fully saturated rings. The van der Waals surface area contributed by atoms with E-state index >= 15 is 0 Å². The minimum Gasteiger partial charge on any atom is -0.492 e. The zero-order valence-electron chi connectivity index (χ0n) is 13.0. The number of likely N-dealkylation sites (tertiary alicyclic amines) is 1. The number of nitrogens with zero attached hydrogens (tertiary/aromatic N) is 3. The Labute approximate surface area is 143 Å². The van der Waals surface area contributed by atoms with Gasteiger partial charge in [0, 0.05) is 20.0 Å². The van der Waals surface area contributed by atoms with Crippen molar-refractivity contribution in [3.8, 4) is 17.1 Å². The molecule has 23 heavy (non-hydrogen) atoms. The van der Waals surface area contributed by atoms with Crippen molar-refractivity contribution in [2.24, 2.45) is 5.92 Å². The van der Waals surface area contributed by atoms with Gasteiger partial charge in [0.2, 0.25) is 5.91 Å². The second kappa shape index (κ2) is 7.12. The van der Waals surface area contributed by atoms with Crippen LogP contribution in [0, 0.1) is 5.92 Å². The van der Waals surface area contributed by atoms with E-state index in [-0.39, 0.29) is 5.91 Å². The van der Waals surface area contributed by atoms with Crippen molar-refractivity contribution < 1.29 is 9.53 Å². The number of piperidine rings is 1. The van der Waals surface area contributed by atoms with E-state index in [1.54, 1.807) is 19.3 Å². The molecule has 6 nitrogen and oxygen atoms in total. The number of aromatic nitrogens is 3. The van der Waals surface area contributed by atoms with Crippen LogP contribution in [-0.4, -0.2) is 45.7 Å². The SMILES string of the molecule is CC(=O)N1CCC(COc2ccc(-c3[nH]ncc3Br)nc2)CC1. The summed E-state index contributed by atoms with van der Waals surface area (Å²) < 4.78 is 6.73. The molecule has 7 heteroatoms. The maximum Gasteiger partial charge on any atom is 0.219 e. The van der Waals surface area contributed by atoms with Crippen LogP contribution in [0.5, 0.6) is 5.75 Å². The van der Waals surface area contributed by atoms with E-state index in [2.05, 4.69) is 31.1 Å². The lowest BCUT2D eigenvalue weighted by molar-refractivity contribution is -0.130. The van der Waals surface area contributed by atoms with E-state index in [1.165, 1.54) is 0 Å². The molecule has 0 atom stereocenters. The first kappa shape index (κ1) is 16.0. The molecule has 0 spiro atoms. The first-order chi connectivity index (χ1) is 11.1. The summed E-state index contributed by atoms with van der Waals surface area (Å²) in [4.78, 5) is 17.6. The third-order valence-corrected chi connectivity index (χ3v) is 4.73. The van der Waals surface area contributed by atoms with Gasteiger partial charge >= 0.3 is 0 Å². The number of carbonyl (C=O) groups excluding carboxylic acids is 1. The first-order valence-corrected chi connectivity index (χ1v) is 8.46. The number of ether oxygens (including phenoxy) is 1. The molecule has 2 aromatic heterocycles. The van der Waals surface area contributed by atoms with Crippen molar-refractivity contribution in [2.45, 2.75) is 19.8 Å². The van der Waals surface area contributed by atoms with Gasteiger partial charge in [-0.1, -0.05) is 0 Å². The molecule has 1 N–H and O–H groups in total. The fourth-order valence-corrected chi connectivity index (χ4v) is 3.09. The Morgan fingerprint density at radius 1 is 1.39 bits per heavy atom. The van der Waals surface area contributed by atoms with Crippen molar-refractivity contribution in [3.05, 3.63) is 29.0 Å². The lowest BCUT2D eigenvalue weighted by Gasteiger charge is -2.31. The Kier molecular flexibility index (Phi) is 4.95. The zero-order chi connectivity index (χ0) is 16.2. The number of carbonyl (C=O) groups is 1. The van der Waals surface area contributed by atoms with Crippen LogP contribution in [0.4, 0.5) is 0 Å². The molecule has 1 aliphatic rings. The average molecular weight is 379 g/mol. The predicted octanol–water partition coefficient (Wildman–Crippen LogP) is 2.87. The fraction of sp³-hybridized carbons (Fsp3) is 0.438. The molecule has 3 heterocycles. The van der Waals surface area contributed by atoms with Crippen LogP contribution in [0.2, 0.25) is 0 Å². The van der Waals surface area contributed by atoms with E-state index in [9.17, 15) is 4.79 Å². The molecule has 0 unspecified atom stereocenters. The van der Waals surface area contributed by atoms with E-state index in [1.807, 2.05) is 17.0 Å². The second-order valence-corrected chi connectivity index (χ2v) is 6.59. The molecule has 0 radical (unpaired) electrons. The van der Waals surface area contributed by atoms with Crippen LogP contribution in [0.1, 0.15) is 19.8 Å². The van der Waals surface area contributed by atoms with Gasteiger partial charge in [-0.15, -0.1) is 0 Å². The molecule has 1 amide bonds. The monoisotopic (exact) mass is 378 g/mol. The molecule has 0 aromatic carbocycles. The van der Waals surface area contributed by atoms with Gasteiger partial charge in [0.05, 0.1) is 34.9 Å². The predicted molar refractivity (Wildman–Crippen MR) is 90.0 cm³/mol. The summed E-state index contributed by atoms with van der Waals surface area (Å²) in [5.41, 5.74) is 1.67. The van der Waals surface area contributed by atoms with Gasteiger partial charge in [-0.05, 0) is 46.8 Å². The van der Waals surface area contributed by atoms with Crippen LogP contribution < -0.4 is 4.74 Å². The van der Waals surface area contributed by atoms with Crippen molar-refractivity contribution in [2.75, 3.05) is 19.7 Å². The number of hydrogen-bond acceptors (Lipinski definition) is 4. The molecular weight excluding hydrogens is 360 g/mol. The third kappa shape index (κ3) is 3.90. The van der Waals surface area contributed by atoms with E-state index < -0.39 is 0 Å². The van der Waals surface area contributed by atoms with Crippen LogP contribution in [-0.2, 0) is 4.79 Å². The highest BCUT2D eigenvalue weighted by Crippen LogP contribution is 2.25. The van der Waals surface area contributed by atoms with E-state index in [0.29, 0.717) is 12.5 Å². The van der Waals surface area contributed by atoms with Gasteiger partial charge in [0.25, 0.3) is 0 Å². The van der Waals surface area contributed by atoms with Crippen molar-refractivity contribution >= 4 is 21.8 Å². The van der Waals surface area contributed by atoms with E-state index in [4.69, 9.17) is 4.74 Å². The van der Waals surface area contributed by atoms with Crippen molar-refractivity contribution in [1.82, 2.24) is 20.1 Å². The molecule has 1 saturated heterocycles. The molecule has 1 aliphatic heterocycles.